The van der Waals surface area contributed by atoms with Crippen molar-refractivity contribution < 1.29 is 5.11 Å². The van der Waals surface area contributed by atoms with E-state index in [-0.39, 0.29) is 6.10 Å². The quantitative estimate of drug-likeness (QED) is 0.740. The van der Waals surface area contributed by atoms with Gasteiger partial charge in [0, 0.05) is 24.0 Å². The molecule has 2 aliphatic heterocycles. The molecule has 0 aromatic heterocycles. The molecular formula is C17H24NO+. The van der Waals surface area contributed by atoms with E-state index in [1.807, 2.05) is 0 Å². The Morgan fingerprint density at radius 3 is 2.89 bits per heavy atom. The zero-order valence-corrected chi connectivity index (χ0v) is 12.3. The number of benzene rings is 1. The van der Waals surface area contributed by atoms with Gasteiger partial charge in [-0.25, -0.2) is 4.58 Å². The Morgan fingerprint density at radius 1 is 1.42 bits per heavy atom. The van der Waals surface area contributed by atoms with Gasteiger partial charge in [0.15, 0.2) is 6.54 Å². The molecule has 0 fully saturated rings. The van der Waals surface area contributed by atoms with Gasteiger partial charge in [-0.3, -0.25) is 0 Å². The van der Waals surface area contributed by atoms with E-state index in [9.17, 15) is 5.11 Å². The second-order valence-electron chi connectivity index (χ2n) is 6.15. The lowest BCUT2D eigenvalue weighted by molar-refractivity contribution is 0.153. The number of hydrogen-bond donors (Lipinski definition) is 1. The minimum atomic E-state index is -0.198. The summed E-state index contributed by atoms with van der Waals surface area (Å²) in [4.78, 5) is 0. The zero-order chi connectivity index (χ0) is 13.6. The van der Waals surface area contributed by atoms with Crippen LogP contribution in [0.1, 0.15) is 43.9 Å². The molecule has 1 aromatic carbocycles. The van der Waals surface area contributed by atoms with Gasteiger partial charge in [0.05, 0.1) is 0 Å². The third-order valence-electron chi connectivity index (χ3n) is 4.55. The highest BCUT2D eigenvalue weighted by atomic mass is 16.3. The Hall–Kier alpha value is -1.15. The maximum absolute atomic E-state index is 10.1. The molecule has 2 heteroatoms. The molecule has 2 nitrogen and oxygen atoms in total. The van der Waals surface area contributed by atoms with E-state index in [1.54, 1.807) is 11.1 Å². The Bertz CT molecular complexity index is 638. The van der Waals surface area contributed by atoms with E-state index in [4.69, 9.17) is 0 Å². The SMILES string of the molecule is CCc1c2c3c(cc1=C(C)C)CC(O)C[N+]=3CCC2. The van der Waals surface area contributed by atoms with Crippen molar-refractivity contribution in [2.75, 3.05) is 13.1 Å². The summed E-state index contributed by atoms with van der Waals surface area (Å²) >= 11 is 0. The molecule has 2 aliphatic rings. The maximum atomic E-state index is 10.1. The number of aliphatic hydroxyl groups excluding tert-OH is 1. The summed E-state index contributed by atoms with van der Waals surface area (Å²) in [6.45, 7) is 8.59. The predicted octanol–water partition coefficient (Wildman–Crippen LogP) is 0.794. The van der Waals surface area contributed by atoms with E-state index in [2.05, 4.69) is 31.4 Å². The van der Waals surface area contributed by atoms with Gasteiger partial charge in [-0.1, -0.05) is 12.5 Å². The summed E-state index contributed by atoms with van der Waals surface area (Å²) in [7, 11) is 0. The number of aliphatic hydroxyl groups is 1. The van der Waals surface area contributed by atoms with Gasteiger partial charge >= 0.3 is 0 Å². The summed E-state index contributed by atoms with van der Waals surface area (Å²) in [5.41, 5.74) is 5.86. The molecule has 2 heterocycles. The lowest BCUT2D eigenvalue weighted by Crippen LogP contribution is -2.50. The van der Waals surface area contributed by atoms with Crippen molar-refractivity contribution in [3.8, 4) is 0 Å². The van der Waals surface area contributed by atoms with Crippen LogP contribution in [0.4, 0.5) is 0 Å². The van der Waals surface area contributed by atoms with Gasteiger partial charge in [0.2, 0.25) is 5.36 Å². The molecule has 1 aromatic rings. The average Bonchev–Trinajstić information content (AvgIpc) is 2.38. The summed E-state index contributed by atoms with van der Waals surface area (Å²) < 4.78 is 2.41. The lowest BCUT2D eigenvalue weighted by atomic mass is 9.88. The largest absolute Gasteiger partial charge is 0.386 e. The van der Waals surface area contributed by atoms with Crippen LogP contribution in [-0.2, 0) is 19.3 Å². The van der Waals surface area contributed by atoms with Gasteiger partial charge < -0.3 is 5.11 Å². The van der Waals surface area contributed by atoms with Crippen LogP contribution < -0.4 is 15.2 Å². The lowest BCUT2D eigenvalue weighted by Gasteiger charge is -2.23. The van der Waals surface area contributed by atoms with Crippen molar-refractivity contribution in [2.45, 2.75) is 52.6 Å². The van der Waals surface area contributed by atoms with Crippen molar-refractivity contribution >= 4 is 5.57 Å². The van der Waals surface area contributed by atoms with Crippen molar-refractivity contribution in [1.29, 1.82) is 0 Å². The topological polar surface area (TPSA) is 23.2 Å². The summed E-state index contributed by atoms with van der Waals surface area (Å²) in [5, 5.41) is 13.0. The summed E-state index contributed by atoms with van der Waals surface area (Å²) in [6.07, 6.45) is 4.16. The van der Waals surface area contributed by atoms with Crippen LogP contribution in [0.5, 0.6) is 0 Å². The van der Waals surface area contributed by atoms with Crippen LogP contribution >= 0.6 is 0 Å². The molecule has 102 valence electrons. The molecule has 0 saturated heterocycles. The van der Waals surface area contributed by atoms with Crippen LogP contribution in [0.25, 0.3) is 5.57 Å². The van der Waals surface area contributed by atoms with Crippen molar-refractivity contribution in [3.63, 3.8) is 0 Å². The third-order valence-corrected chi connectivity index (χ3v) is 4.55. The Labute approximate surface area is 115 Å². The van der Waals surface area contributed by atoms with Crippen molar-refractivity contribution in [1.82, 2.24) is 4.58 Å². The molecule has 3 rings (SSSR count). The van der Waals surface area contributed by atoms with E-state index >= 15 is 0 Å². The average molecular weight is 258 g/mol. The monoisotopic (exact) mass is 258 g/mol. The molecule has 0 radical (unpaired) electrons. The zero-order valence-electron chi connectivity index (χ0n) is 12.3. The molecule has 0 aliphatic carbocycles. The van der Waals surface area contributed by atoms with Gasteiger partial charge in [0.25, 0.3) is 0 Å². The fourth-order valence-corrected chi connectivity index (χ4v) is 3.81. The fraction of sp³-hybridized carbons (Fsp3) is 0.588. The standard InChI is InChI=1S/C17H24NO/c1-4-14-15-6-5-7-18-10-13(19)8-12(17(15)18)9-16(14)11(2)3/h9,13,19H,4-8,10H2,1-3H3/q+1. The first-order valence-corrected chi connectivity index (χ1v) is 7.53. The van der Waals surface area contributed by atoms with E-state index < -0.39 is 0 Å². The third kappa shape index (κ3) is 2.02. The number of nitrogens with zero attached hydrogens (tertiary/aromatic N) is 1. The predicted molar refractivity (Wildman–Crippen MR) is 78.8 cm³/mol. The van der Waals surface area contributed by atoms with E-state index in [0.29, 0.717) is 0 Å². The van der Waals surface area contributed by atoms with Crippen molar-refractivity contribution in [2.24, 2.45) is 0 Å². The normalized spacial score (nSPS) is 21.3. The van der Waals surface area contributed by atoms with Crippen LogP contribution in [0.15, 0.2) is 6.07 Å². The molecule has 1 unspecified atom stereocenters. The molecular weight excluding hydrogens is 234 g/mol. The highest BCUT2D eigenvalue weighted by Crippen LogP contribution is 2.14. The van der Waals surface area contributed by atoms with Crippen LogP contribution in [0.2, 0.25) is 0 Å². The molecule has 0 saturated carbocycles. The molecule has 1 N–H and O–H groups in total. The first-order chi connectivity index (χ1) is 9.11. The highest BCUT2D eigenvalue weighted by Gasteiger charge is 2.29. The number of hydrogen-bond acceptors (Lipinski definition) is 1. The molecule has 1 atom stereocenters. The van der Waals surface area contributed by atoms with E-state index in [0.717, 1.165) is 25.9 Å². The van der Waals surface area contributed by atoms with E-state index in [1.165, 1.54) is 34.6 Å². The van der Waals surface area contributed by atoms with Gasteiger partial charge in [-0.05, 0) is 43.5 Å². The summed E-state index contributed by atoms with van der Waals surface area (Å²) in [6, 6.07) is 2.34. The Balaban J connectivity index is 2.43. The smallest absolute Gasteiger partial charge is 0.206 e. The van der Waals surface area contributed by atoms with Crippen molar-refractivity contribution in [3.05, 3.63) is 33.3 Å². The van der Waals surface area contributed by atoms with Crippen LogP contribution in [-0.4, -0.2) is 24.3 Å². The fourth-order valence-electron chi connectivity index (χ4n) is 3.81. The van der Waals surface area contributed by atoms with Gasteiger partial charge in [-0.15, -0.1) is 0 Å². The first-order valence-electron chi connectivity index (χ1n) is 7.53. The molecule has 19 heavy (non-hydrogen) atoms. The molecule has 0 spiro atoms. The molecule has 0 bridgehead atoms. The number of rotatable bonds is 1. The summed E-state index contributed by atoms with van der Waals surface area (Å²) in [5.74, 6) is 0. The molecule has 0 amide bonds. The first kappa shape index (κ1) is 12.9. The Kier molecular flexibility index (Phi) is 3.22. The van der Waals surface area contributed by atoms with Gasteiger partial charge in [0.1, 0.15) is 12.6 Å². The second-order valence-corrected chi connectivity index (χ2v) is 6.15. The second kappa shape index (κ2) is 4.75. The Morgan fingerprint density at radius 2 is 2.21 bits per heavy atom. The minimum absolute atomic E-state index is 0.198. The maximum Gasteiger partial charge on any atom is 0.206 e. The van der Waals surface area contributed by atoms with Crippen LogP contribution in [0.3, 0.4) is 0 Å². The minimum Gasteiger partial charge on any atom is -0.386 e. The van der Waals surface area contributed by atoms with Crippen LogP contribution in [0, 0.1) is 0 Å². The van der Waals surface area contributed by atoms with Gasteiger partial charge in [-0.2, -0.15) is 0 Å². The highest BCUT2D eigenvalue weighted by molar-refractivity contribution is 5.47.